The maximum absolute atomic E-state index is 5.26. The van der Waals surface area contributed by atoms with Crippen molar-refractivity contribution in [3.63, 3.8) is 0 Å². The number of hydrogen-bond donors (Lipinski definition) is 1. The Hall–Kier alpha value is -1.68. The van der Waals surface area contributed by atoms with E-state index in [0.717, 1.165) is 12.2 Å². The maximum Gasteiger partial charge on any atom is 0.240 e. The van der Waals surface area contributed by atoms with E-state index in [-0.39, 0.29) is 0 Å². The van der Waals surface area contributed by atoms with Crippen molar-refractivity contribution in [3.05, 3.63) is 46.6 Å². The monoisotopic (exact) mass is 273 g/mol. The van der Waals surface area contributed by atoms with Gasteiger partial charge in [-0.05, 0) is 43.9 Å². The highest BCUT2D eigenvalue weighted by Gasteiger charge is 2.08. The molecule has 1 heterocycles. The van der Waals surface area contributed by atoms with Crippen molar-refractivity contribution in [1.29, 1.82) is 0 Å². The van der Waals surface area contributed by atoms with Gasteiger partial charge in [0.05, 0.1) is 6.54 Å². The number of hydrogen-bond acceptors (Lipinski definition) is 4. The van der Waals surface area contributed by atoms with E-state index in [1.165, 1.54) is 16.7 Å². The molecule has 0 aliphatic heterocycles. The van der Waals surface area contributed by atoms with Gasteiger partial charge in [-0.1, -0.05) is 30.3 Å². The summed E-state index contributed by atoms with van der Waals surface area (Å²) in [5.74, 6) is 1.40. The second-order valence-electron chi connectivity index (χ2n) is 5.39. The maximum atomic E-state index is 5.26. The minimum atomic E-state index is 0.463. The molecule has 0 saturated heterocycles. The van der Waals surface area contributed by atoms with Crippen LogP contribution in [0.1, 0.15) is 48.7 Å². The number of aryl methyl sites for hydroxylation is 2. The molecule has 1 atom stereocenters. The molecule has 20 heavy (non-hydrogen) atoms. The molecular weight excluding hydrogens is 250 g/mol. The lowest BCUT2D eigenvalue weighted by molar-refractivity contribution is 0.354. The van der Waals surface area contributed by atoms with Gasteiger partial charge in [0.2, 0.25) is 5.89 Å². The molecule has 4 heteroatoms. The molecule has 4 nitrogen and oxygen atoms in total. The van der Waals surface area contributed by atoms with Crippen LogP contribution in [0.4, 0.5) is 0 Å². The molecular formula is C16H23N3O. The first-order chi connectivity index (χ1) is 9.58. The fourth-order valence-electron chi connectivity index (χ4n) is 1.94. The van der Waals surface area contributed by atoms with Crippen LogP contribution < -0.4 is 5.32 Å². The molecule has 0 amide bonds. The predicted molar refractivity (Wildman–Crippen MR) is 79.6 cm³/mol. The molecule has 1 N–H and O–H groups in total. The quantitative estimate of drug-likeness (QED) is 0.878. The Bertz CT molecular complexity index is 563. The lowest BCUT2D eigenvalue weighted by atomic mass is 10.0. The molecule has 0 spiro atoms. The molecule has 1 aromatic heterocycles. The predicted octanol–water partition coefficient (Wildman–Crippen LogP) is 3.17. The Kier molecular flexibility index (Phi) is 4.90. The summed E-state index contributed by atoms with van der Waals surface area (Å²) >= 11 is 0. The second-order valence-corrected chi connectivity index (χ2v) is 5.39. The first-order valence-corrected chi connectivity index (χ1v) is 7.19. The van der Waals surface area contributed by atoms with E-state index >= 15 is 0 Å². The Morgan fingerprint density at radius 1 is 1.25 bits per heavy atom. The van der Waals surface area contributed by atoms with E-state index in [2.05, 4.69) is 61.4 Å². The highest BCUT2D eigenvalue weighted by atomic mass is 16.5. The molecule has 0 bridgehead atoms. The van der Waals surface area contributed by atoms with Crippen molar-refractivity contribution in [2.75, 3.05) is 0 Å². The number of rotatable bonds is 6. The molecule has 0 radical (unpaired) electrons. The van der Waals surface area contributed by atoms with E-state index in [0.29, 0.717) is 24.9 Å². The molecule has 1 aromatic carbocycles. The largest absolute Gasteiger partial charge is 0.338 e. The third-order valence-electron chi connectivity index (χ3n) is 3.66. The zero-order valence-corrected chi connectivity index (χ0v) is 12.7. The fourth-order valence-corrected chi connectivity index (χ4v) is 1.94. The van der Waals surface area contributed by atoms with Crippen LogP contribution in [-0.2, 0) is 13.0 Å². The van der Waals surface area contributed by atoms with Crippen LogP contribution in [0.3, 0.4) is 0 Å². The Balaban J connectivity index is 1.96. The normalized spacial score (nSPS) is 12.6. The molecule has 0 fully saturated rings. The van der Waals surface area contributed by atoms with Gasteiger partial charge in [0.15, 0.2) is 5.82 Å². The third kappa shape index (κ3) is 3.90. The van der Waals surface area contributed by atoms with Crippen LogP contribution >= 0.6 is 0 Å². The minimum absolute atomic E-state index is 0.463. The van der Waals surface area contributed by atoms with Crippen LogP contribution in [-0.4, -0.2) is 16.2 Å². The van der Waals surface area contributed by atoms with Crippen LogP contribution in [0.5, 0.6) is 0 Å². The number of benzene rings is 1. The van der Waals surface area contributed by atoms with E-state index in [9.17, 15) is 0 Å². The summed E-state index contributed by atoms with van der Waals surface area (Å²) in [6.45, 7) is 9.17. The van der Waals surface area contributed by atoms with Crippen LogP contribution in [0.25, 0.3) is 0 Å². The van der Waals surface area contributed by atoms with Crippen LogP contribution in [0.15, 0.2) is 22.7 Å². The average Bonchev–Trinajstić information content (AvgIpc) is 2.88. The van der Waals surface area contributed by atoms with Crippen molar-refractivity contribution >= 4 is 0 Å². The van der Waals surface area contributed by atoms with Crippen LogP contribution in [0, 0.1) is 13.8 Å². The van der Waals surface area contributed by atoms with Crippen molar-refractivity contribution in [1.82, 2.24) is 15.5 Å². The average molecular weight is 273 g/mol. The number of nitrogens with zero attached hydrogens (tertiary/aromatic N) is 2. The van der Waals surface area contributed by atoms with Gasteiger partial charge in [0.25, 0.3) is 0 Å². The first-order valence-electron chi connectivity index (χ1n) is 7.19. The van der Waals surface area contributed by atoms with Gasteiger partial charge in [-0.15, -0.1) is 0 Å². The smallest absolute Gasteiger partial charge is 0.240 e. The van der Waals surface area contributed by atoms with Gasteiger partial charge in [-0.25, -0.2) is 0 Å². The third-order valence-corrected chi connectivity index (χ3v) is 3.66. The summed E-state index contributed by atoms with van der Waals surface area (Å²) in [6.07, 6.45) is 1.80. The van der Waals surface area contributed by atoms with Crippen molar-refractivity contribution in [2.45, 2.75) is 53.1 Å². The van der Waals surface area contributed by atoms with Crippen LogP contribution in [0.2, 0.25) is 0 Å². The summed E-state index contributed by atoms with van der Waals surface area (Å²) in [7, 11) is 0. The zero-order valence-electron chi connectivity index (χ0n) is 12.7. The van der Waals surface area contributed by atoms with Crippen molar-refractivity contribution in [2.24, 2.45) is 0 Å². The lowest BCUT2D eigenvalue weighted by Crippen LogP contribution is -2.24. The molecule has 0 saturated carbocycles. The highest BCUT2D eigenvalue weighted by molar-refractivity contribution is 5.31. The first kappa shape index (κ1) is 14.7. The fraction of sp³-hybridized carbons (Fsp3) is 0.500. The summed E-state index contributed by atoms with van der Waals surface area (Å²) < 4.78 is 5.26. The van der Waals surface area contributed by atoms with E-state index in [1.54, 1.807) is 0 Å². The molecule has 2 rings (SSSR count). The topological polar surface area (TPSA) is 51.0 Å². The summed E-state index contributed by atoms with van der Waals surface area (Å²) in [6, 6.07) is 6.90. The summed E-state index contributed by atoms with van der Waals surface area (Å²) in [5.41, 5.74) is 3.82. The SMILES string of the molecule is CCC(C)NCc1nc(Cc2ccc(C)c(C)c2)no1. The number of nitrogens with one attached hydrogen (secondary N) is 1. The summed E-state index contributed by atoms with van der Waals surface area (Å²) in [5, 5.41) is 7.39. The van der Waals surface area contributed by atoms with E-state index in [1.807, 2.05) is 0 Å². The Labute approximate surface area is 120 Å². The van der Waals surface area contributed by atoms with Gasteiger partial charge in [0.1, 0.15) is 0 Å². The van der Waals surface area contributed by atoms with E-state index < -0.39 is 0 Å². The highest BCUT2D eigenvalue weighted by Crippen LogP contribution is 2.12. The van der Waals surface area contributed by atoms with Gasteiger partial charge < -0.3 is 9.84 Å². The second kappa shape index (κ2) is 6.66. The Morgan fingerprint density at radius 3 is 2.75 bits per heavy atom. The van der Waals surface area contributed by atoms with Gasteiger partial charge >= 0.3 is 0 Å². The van der Waals surface area contributed by atoms with Gasteiger partial charge in [-0.3, -0.25) is 0 Å². The van der Waals surface area contributed by atoms with Gasteiger partial charge in [-0.2, -0.15) is 4.98 Å². The molecule has 0 aliphatic carbocycles. The molecule has 1 unspecified atom stereocenters. The lowest BCUT2D eigenvalue weighted by Gasteiger charge is -2.07. The van der Waals surface area contributed by atoms with E-state index in [4.69, 9.17) is 4.52 Å². The molecule has 2 aromatic rings. The molecule has 0 aliphatic rings. The zero-order chi connectivity index (χ0) is 14.5. The van der Waals surface area contributed by atoms with Crippen molar-refractivity contribution < 1.29 is 4.52 Å². The Morgan fingerprint density at radius 2 is 2.05 bits per heavy atom. The summed E-state index contributed by atoms with van der Waals surface area (Å²) in [4.78, 5) is 4.42. The minimum Gasteiger partial charge on any atom is -0.338 e. The van der Waals surface area contributed by atoms with Gasteiger partial charge in [0, 0.05) is 12.5 Å². The number of aromatic nitrogens is 2. The molecule has 108 valence electrons. The van der Waals surface area contributed by atoms with Crippen molar-refractivity contribution in [3.8, 4) is 0 Å². The standard InChI is InChI=1S/C16H23N3O/c1-5-13(4)17-10-16-18-15(19-20-16)9-14-7-6-11(2)12(3)8-14/h6-8,13,17H,5,9-10H2,1-4H3.